The van der Waals surface area contributed by atoms with Gasteiger partial charge in [0.1, 0.15) is 0 Å². The normalized spacial score (nSPS) is 12.2. The van der Waals surface area contributed by atoms with Crippen LogP contribution in [-0.4, -0.2) is 6.54 Å². The maximum atomic E-state index is 4.17. The molecule has 106 valence electrons. The molecule has 0 radical (unpaired) electrons. The van der Waals surface area contributed by atoms with Crippen molar-refractivity contribution in [3.05, 3.63) is 41.5 Å². The molecule has 0 aliphatic heterocycles. The van der Waals surface area contributed by atoms with Gasteiger partial charge in [0.25, 0.3) is 0 Å². The smallest absolute Gasteiger partial charge is 0.0343 e. The summed E-state index contributed by atoms with van der Waals surface area (Å²) in [6.45, 7) is 14.1. The molecule has 1 aromatic rings. The highest BCUT2D eigenvalue weighted by Crippen LogP contribution is 2.17. The van der Waals surface area contributed by atoms with Gasteiger partial charge in [-0.3, -0.25) is 0 Å². The molecule has 0 bridgehead atoms. The van der Waals surface area contributed by atoms with Crippen LogP contribution in [0.4, 0.5) is 0 Å². The first-order valence-electron chi connectivity index (χ1n) is 7.55. The van der Waals surface area contributed by atoms with Crippen molar-refractivity contribution < 1.29 is 0 Å². The summed E-state index contributed by atoms with van der Waals surface area (Å²) in [5, 5.41) is 3.48. The number of aryl methyl sites for hydroxylation is 2. The van der Waals surface area contributed by atoms with Crippen molar-refractivity contribution in [3.8, 4) is 0 Å². The lowest BCUT2D eigenvalue weighted by atomic mass is 10.00. The predicted octanol–water partition coefficient (Wildman–Crippen LogP) is 5.08. The van der Waals surface area contributed by atoms with Crippen molar-refractivity contribution in [1.82, 2.24) is 5.32 Å². The van der Waals surface area contributed by atoms with Gasteiger partial charge < -0.3 is 5.32 Å². The Morgan fingerprint density at radius 3 is 2.68 bits per heavy atom. The molecule has 0 heterocycles. The third-order valence-corrected chi connectivity index (χ3v) is 3.74. The zero-order valence-corrected chi connectivity index (χ0v) is 13.1. The number of hydrogen-bond acceptors (Lipinski definition) is 1. The fourth-order valence-electron chi connectivity index (χ4n) is 2.32. The molecule has 19 heavy (non-hydrogen) atoms. The zero-order chi connectivity index (χ0) is 14.3. The molecular formula is C18H29N. The Hall–Kier alpha value is -1.24. The summed E-state index contributed by atoms with van der Waals surface area (Å²) < 4.78 is 0. The topological polar surface area (TPSA) is 12.0 Å². The van der Waals surface area contributed by atoms with Crippen LogP contribution in [0, 0.1) is 19.8 Å². The van der Waals surface area contributed by atoms with Gasteiger partial charge in [-0.05, 0) is 37.8 Å². The summed E-state index contributed by atoms with van der Waals surface area (Å²) in [4.78, 5) is 0. The third kappa shape index (κ3) is 5.50. The van der Waals surface area contributed by atoms with Crippen LogP contribution >= 0.6 is 0 Å². The predicted molar refractivity (Wildman–Crippen MR) is 86.3 cm³/mol. The maximum Gasteiger partial charge on any atom is 0.0343 e. The van der Waals surface area contributed by atoms with Gasteiger partial charge in [0, 0.05) is 17.8 Å². The summed E-state index contributed by atoms with van der Waals surface area (Å²) >= 11 is 0. The number of rotatable bonds is 8. The molecule has 1 rings (SSSR count). The minimum absolute atomic E-state index is 0.804. The maximum absolute atomic E-state index is 4.17. The van der Waals surface area contributed by atoms with Gasteiger partial charge in [-0.2, -0.15) is 0 Å². The Labute approximate surface area is 119 Å². The van der Waals surface area contributed by atoms with Crippen molar-refractivity contribution >= 4 is 5.70 Å². The third-order valence-electron chi connectivity index (χ3n) is 3.74. The van der Waals surface area contributed by atoms with Gasteiger partial charge in [-0.15, -0.1) is 0 Å². The molecule has 0 spiro atoms. The highest BCUT2D eigenvalue weighted by atomic mass is 14.9. The summed E-state index contributed by atoms with van der Waals surface area (Å²) in [6.07, 6.45) is 5.21. The van der Waals surface area contributed by atoms with Crippen LogP contribution in [0.25, 0.3) is 5.70 Å². The number of benzene rings is 1. The van der Waals surface area contributed by atoms with Gasteiger partial charge in [0.05, 0.1) is 0 Å². The lowest BCUT2D eigenvalue weighted by molar-refractivity contribution is 0.468. The lowest BCUT2D eigenvalue weighted by Crippen LogP contribution is -2.16. The molecule has 0 aromatic heterocycles. The zero-order valence-electron chi connectivity index (χ0n) is 13.1. The standard InChI is InChI=1S/C18H29N/c1-6-7-8-14(2)11-12-19-17(5)18-13-15(3)9-10-16(18)4/h9-10,13-14,19H,5-8,11-12H2,1-4H3. The Morgan fingerprint density at radius 2 is 2.00 bits per heavy atom. The summed E-state index contributed by atoms with van der Waals surface area (Å²) in [5.41, 5.74) is 4.90. The highest BCUT2D eigenvalue weighted by Gasteiger charge is 2.05. The highest BCUT2D eigenvalue weighted by molar-refractivity contribution is 5.65. The van der Waals surface area contributed by atoms with Crippen LogP contribution in [0.3, 0.4) is 0 Å². The van der Waals surface area contributed by atoms with Crippen LogP contribution in [0.5, 0.6) is 0 Å². The number of hydrogen-bond donors (Lipinski definition) is 1. The van der Waals surface area contributed by atoms with E-state index in [9.17, 15) is 0 Å². The Balaban J connectivity index is 2.41. The van der Waals surface area contributed by atoms with Crippen molar-refractivity contribution in [2.75, 3.05) is 6.54 Å². The SMILES string of the molecule is C=C(NCCC(C)CCCC)c1cc(C)ccc1C. The van der Waals surface area contributed by atoms with Crippen LogP contribution in [0.15, 0.2) is 24.8 Å². The van der Waals surface area contributed by atoms with Gasteiger partial charge >= 0.3 is 0 Å². The fourth-order valence-corrected chi connectivity index (χ4v) is 2.32. The Bertz CT molecular complexity index is 406. The van der Waals surface area contributed by atoms with Crippen molar-refractivity contribution in [2.45, 2.75) is 53.4 Å². The van der Waals surface area contributed by atoms with E-state index in [0.29, 0.717) is 0 Å². The van der Waals surface area contributed by atoms with Crippen LogP contribution in [0.1, 0.15) is 56.2 Å². The molecule has 1 N–H and O–H groups in total. The molecule has 1 aromatic carbocycles. The first kappa shape index (κ1) is 15.8. The molecule has 0 saturated carbocycles. The van der Waals surface area contributed by atoms with E-state index in [-0.39, 0.29) is 0 Å². The Morgan fingerprint density at radius 1 is 1.26 bits per heavy atom. The molecule has 1 nitrogen and oxygen atoms in total. The van der Waals surface area contributed by atoms with E-state index >= 15 is 0 Å². The van der Waals surface area contributed by atoms with E-state index in [0.717, 1.165) is 18.2 Å². The number of nitrogens with one attached hydrogen (secondary N) is 1. The summed E-state index contributed by atoms with van der Waals surface area (Å²) in [5.74, 6) is 0.804. The minimum atomic E-state index is 0.804. The van der Waals surface area contributed by atoms with E-state index in [4.69, 9.17) is 0 Å². The summed E-state index contributed by atoms with van der Waals surface area (Å²) in [7, 11) is 0. The van der Waals surface area contributed by atoms with Gasteiger partial charge in [-0.1, -0.05) is 57.4 Å². The van der Waals surface area contributed by atoms with Crippen molar-refractivity contribution in [1.29, 1.82) is 0 Å². The second-order valence-corrected chi connectivity index (χ2v) is 5.76. The molecular weight excluding hydrogens is 230 g/mol. The van der Waals surface area contributed by atoms with Crippen molar-refractivity contribution in [2.24, 2.45) is 5.92 Å². The van der Waals surface area contributed by atoms with E-state index in [1.54, 1.807) is 0 Å². The molecule has 1 heteroatoms. The fraction of sp³-hybridized carbons (Fsp3) is 0.556. The van der Waals surface area contributed by atoms with Gasteiger partial charge in [0.2, 0.25) is 0 Å². The molecule has 0 amide bonds. The lowest BCUT2D eigenvalue weighted by Gasteiger charge is -2.15. The van der Waals surface area contributed by atoms with E-state index in [2.05, 4.69) is 57.8 Å². The van der Waals surface area contributed by atoms with Crippen LogP contribution in [0.2, 0.25) is 0 Å². The van der Waals surface area contributed by atoms with Crippen LogP contribution < -0.4 is 5.32 Å². The second kappa shape index (κ2) is 8.04. The molecule has 0 fully saturated rings. The second-order valence-electron chi connectivity index (χ2n) is 5.76. The molecule has 1 unspecified atom stereocenters. The van der Waals surface area contributed by atoms with Gasteiger partial charge in [-0.25, -0.2) is 0 Å². The largest absolute Gasteiger partial charge is 0.385 e. The average Bonchev–Trinajstić information content (AvgIpc) is 2.39. The first-order chi connectivity index (χ1) is 9.04. The van der Waals surface area contributed by atoms with Crippen LogP contribution in [-0.2, 0) is 0 Å². The number of unbranched alkanes of at least 4 members (excludes halogenated alkanes) is 1. The monoisotopic (exact) mass is 259 g/mol. The first-order valence-corrected chi connectivity index (χ1v) is 7.55. The average molecular weight is 259 g/mol. The van der Waals surface area contributed by atoms with E-state index in [1.807, 2.05) is 0 Å². The van der Waals surface area contributed by atoms with E-state index in [1.165, 1.54) is 42.4 Å². The van der Waals surface area contributed by atoms with Crippen molar-refractivity contribution in [3.63, 3.8) is 0 Å². The van der Waals surface area contributed by atoms with E-state index < -0.39 is 0 Å². The summed E-state index contributed by atoms with van der Waals surface area (Å²) in [6, 6.07) is 6.53. The Kier molecular flexibility index (Phi) is 6.69. The molecule has 0 aliphatic rings. The van der Waals surface area contributed by atoms with Gasteiger partial charge in [0.15, 0.2) is 0 Å². The molecule has 0 aliphatic carbocycles. The quantitative estimate of drug-likeness (QED) is 0.686. The minimum Gasteiger partial charge on any atom is -0.385 e. The molecule has 0 saturated heterocycles. The molecule has 1 atom stereocenters.